The molecule has 0 bridgehead atoms. The van der Waals surface area contributed by atoms with Crippen molar-refractivity contribution in [3.8, 4) is 11.8 Å². The number of nitrogens with one attached hydrogen (secondary N) is 1. The molecule has 0 spiro atoms. The van der Waals surface area contributed by atoms with Crippen LogP contribution in [0.25, 0.3) is 0 Å². The number of hydrogen-bond acceptors (Lipinski definition) is 6. The zero-order chi connectivity index (χ0) is 19.0. The second-order valence-electron chi connectivity index (χ2n) is 6.43. The largest absolute Gasteiger partial charge is 0.421 e. The van der Waals surface area contributed by atoms with Crippen molar-refractivity contribution in [2.75, 3.05) is 5.32 Å². The Hall–Kier alpha value is -3.29. The van der Waals surface area contributed by atoms with Crippen LogP contribution in [-0.4, -0.2) is 21.0 Å². The molecule has 1 aliphatic carbocycles. The lowest BCUT2D eigenvalue weighted by Gasteiger charge is -2.12. The lowest BCUT2D eigenvalue weighted by Crippen LogP contribution is -2.15. The number of hydrogen-bond donors (Lipinski definition) is 1. The van der Waals surface area contributed by atoms with Crippen LogP contribution in [0.15, 0.2) is 34.9 Å². The van der Waals surface area contributed by atoms with Crippen LogP contribution >= 0.6 is 0 Å². The van der Waals surface area contributed by atoms with E-state index in [0.717, 1.165) is 18.6 Å². The molecule has 3 aromatic rings. The third-order valence-electron chi connectivity index (χ3n) is 4.27. The van der Waals surface area contributed by atoms with E-state index in [9.17, 15) is 9.18 Å². The van der Waals surface area contributed by atoms with Crippen molar-refractivity contribution in [2.24, 2.45) is 0 Å². The molecule has 1 amide bonds. The number of rotatable bonds is 5. The van der Waals surface area contributed by atoms with Gasteiger partial charge in [0, 0.05) is 12.0 Å². The van der Waals surface area contributed by atoms with E-state index in [1.54, 1.807) is 32.0 Å². The molecule has 2 aromatic heterocycles. The number of benzene rings is 1. The highest BCUT2D eigenvalue weighted by Gasteiger charge is 2.29. The van der Waals surface area contributed by atoms with Crippen molar-refractivity contribution in [3.63, 3.8) is 0 Å². The number of amides is 1. The summed E-state index contributed by atoms with van der Waals surface area (Å²) in [6.07, 6.45) is 2.12. The molecule has 4 rings (SSSR count). The van der Waals surface area contributed by atoms with Crippen LogP contribution in [0.5, 0.6) is 11.8 Å². The Balaban J connectivity index is 1.52. The number of carbonyl (C=O) groups excluding carboxylic acids is 1. The third kappa shape index (κ3) is 3.64. The van der Waals surface area contributed by atoms with Gasteiger partial charge in [-0.3, -0.25) is 4.79 Å². The monoisotopic (exact) mass is 368 g/mol. The Kier molecular flexibility index (Phi) is 4.31. The molecule has 0 atom stereocenters. The van der Waals surface area contributed by atoms with Crippen LogP contribution in [0.2, 0.25) is 0 Å². The first kappa shape index (κ1) is 17.1. The standard InChI is InChI=1S/C19H17FN4O3/c1-10-17(23-18(25)14-9-16(27-24-14)12-7-8-12)11(2)22-19(21-10)26-15-6-4-3-5-13(15)20/h3-6,9,12H,7-8H2,1-2H3,(H,23,25). The quantitative estimate of drug-likeness (QED) is 0.728. The maximum atomic E-state index is 13.7. The number of nitrogens with zero attached hydrogens (tertiary/aromatic N) is 3. The highest BCUT2D eigenvalue weighted by Crippen LogP contribution is 2.40. The van der Waals surface area contributed by atoms with Crippen molar-refractivity contribution < 1.29 is 18.4 Å². The summed E-state index contributed by atoms with van der Waals surface area (Å²) in [5.74, 6) is 0.233. The average Bonchev–Trinajstić information content (AvgIpc) is 3.37. The molecular formula is C19H17FN4O3. The SMILES string of the molecule is Cc1nc(Oc2ccccc2F)nc(C)c1NC(=O)c1cc(C2CC2)on1. The van der Waals surface area contributed by atoms with Gasteiger partial charge in [-0.2, -0.15) is 9.97 Å². The van der Waals surface area contributed by atoms with Crippen molar-refractivity contribution in [2.45, 2.75) is 32.6 Å². The molecule has 0 aliphatic heterocycles. The summed E-state index contributed by atoms with van der Waals surface area (Å²) < 4.78 is 24.3. The molecule has 0 saturated heterocycles. The summed E-state index contributed by atoms with van der Waals surface area (Å²) in [5, 5.41) is 6.58. The Labute approximate surface area is 154 Å². The van der Waals surface area contributed by atoms with E-state index < -0.39 is 11.7 Å². The summed E-state index contributed by atoms with van der Waals surface area (Å²) in [4.78, 5) is 20.8. The fourth-order valence-electron chi connectivity index (χ4n) is 2.67. The van der Waals surface area contributed by atoms with Crippen molar-refractivity contribution >= 4 is 11.6 Å². The number of aromatic nitrogens is 3. The van der Waals surface area contributed by atoms with Gasteiger partial charge < -0.3 is 14.6 Å². The predicted molar refractivity (Wildman–Crippen MR) is 94.4 cm³/mol. The average molecular weight is 368 g/mol. The van der Waals surface area contributed by atoms with Gasteiger partial charge >= 0.3 is 6.01 Å². The number of anilines is 1. The molecule has 7 nitrogen and oxygen atoms in total. The van der Waals surface area contributed by atoms with Crippen LogP contribution in [0.4, 0.5) is 10.1 Å². The second-order valence-corrected chi connectivity index (χ2v) is 6.43. The smallest absolute Gasteiger partial charge is 0.322 e. The van der Waals surface area contributed by atoms with E-state index in [-0.39, 0.29) is 17.5 Å². The Morgan fingerprint density at radius 3 is 2.59 bits per heavy atom. The predicted octanol–water partition coefficient (Wildman–Crippen LogP) is 4.14. The highest BCUT2D eigenvalue weighted by atomic mass is 19.1. The van der Waals surface area contributed by atoms with Crippen molar-refractivity contribution in [1.29, 1.82) is 0 Å². The number of carbonyl (C=O) groups is 1. The number of halogens is 1. The molecule has 8 heteroatoms. The van der Waals surface area contributed by atoms with Crippen molar-refractivity contribution in [3.05, 3.63) is 59.0 Å². The van der Waals surface area contributed by atoms with Crippen LogP contribution in [0.1, 0.15) is 46.4 Å². The van der Waals surface area contributed by atoms with Gasteiger partial charge in [-0.05, 0) is 38.8 Å². The maximum absolute atomic E-state index is 13.7. The van der Waals surface area contributed by atoms with E-state index >= 15 is 0 Å². The van der Waals surface area contributed by atoms with Gasteiger partial charge in [0.05, 0.1) is 17.1 Å². The zero-order valence-corrected chi connectivity index (χ0v) is 14.8. The fraction of sp³-hybridized carbons (Fsp3) is 0.263. The van der Waals surface area contributed by atoms with Crippen LogP contribution in [0, 0.1) is 19.7 Å². The van der Waals surface area contributed by atoms with Crippen LogP contribution in [-0.2, 0) is 0 Å². The Morgan fingerprint density at radius 2 is 1.93 bits per heavy atom. The molecular weight excluding hydrogens is 351 g/mol. The lowest BCUT2D eigenvalue weighted by atomic mass is 10.2. The minimum absolute atomic E-state index is 0.00514. The molecule has 0 unspecified atom stereocenters. The summed E-state index contributed by atoms with van der Waals surface area (Å²) in [7, 11) is 0. The van der Waals surface area contributed by atoms with Gasteiger partial charge in [-0.1, -0.05) is 17.3 Å². The Morgan fingerprint density at radius 1 is 1.22 bits per heavy atom. The topological polar surface area (TPSA) is 90.1 Å². The number of para-hydroxylation sites is 1. The summed E-state index contributed by atoms with van der Waals surface area (Å²) >= 11 is 0. The normalized spacial score (nSPS) is 13.4. The fourth-order valence-corrected chi connectivity index (χ4v) is 2.67. The Bertz CT molecular complexity index is 991. The first-order valence-corrected chi connectivity index (χ1v) is 8.57. The molecule has 1 aliphatic rings. The molecule has 1 saturated carbocycles. The molecule has 1 aromatic carbocycles. The van der Waals surface area contributed by atoms with E-state index in [2.05, 4.69) is 20.4 Å². The second kappa shape index (κ2) is 6.79. The number of aryl methyl sites for hydroxylation is 2. The van der Waals surface area contributed by atoms with Gasteiger partial charge in [-0.25, -0.2) is 4.39 Å². The highest BCUT2D eigenvalue weighted by molar-refractivity contribution is 6.03. The first-order chi connectivity index (χ1) is 13.0. The van der Waals surface area contributed by atoms with E-state index in [1.807, 2.05) is 0 Å². The van der Waals surface area contributed by atoms with Gasteiger partial charge in [0.25, 0.3) is 5.91 Å². The van der Waals surface area contributed by atoms with Gasteiger partial charge in [0.15, 0.2) is 17.3 Å². The number of ether oxygens (including phenoxy) is 1. The first-order valence-electron chi connectivity index (χ1n) is 8.57. The molecule has 1 fully saturated rings. The van der Waals surface area contributed by atoms with E-state index in [0.29, 0.717) is 23.0 Å². The van der Waals surface area contributed by atoms with Gasteiger partial charge in [0.1, 0.15) is 5.76 Å². The van der Waals surface area contributed by atoms with Crippen LogP contribution in [0.3, 0.4) is 0 Å². The lowest BCUT2D eigenvalue weighted by molar-refractivity contribution is 0.101. The minimum atomic E-state index is -0.508. The minimum Gasteiger partial charge on any atom is -0.421 e. The molecule has 2 heterocycles. The molecule has 0 radical (unpaired) electrons. The molecule has 27 heavy (non-hydrogen) atoms. The van der Waals surface area contributed by atoms with E-state index in [1.165, 1.54) is 12.1 Å². The third-order valence-corrected chi connectivity index (χ3v) is 4.27. The van der Waals surface area contributed by atoms with Gasteiger partial charge in [0.2, 0.25) is 0 Å². The maximum Gasteiger partial charge on any atom is 0.322 e. The molecule has 1 N–H and O–H groups in total. The summed E-state index contributed by atoms with van der Waals surface area (Å²) in [6.45, 7) is 3.41. The zero-order valence-electron chi connectivity index (χ0n) is 14.8. The van der Waals surface area contributed by atoms with Crippen LogP contribution < -0.4 is 10.1 Å². The van der Waals surface area contributed by atoms with E-state index in [4.69, 9.17) is 9.26 Å². The molecule has 138 valence electrons. The van der Waals surface area contributed by atoms with Gasteiger partial charge in [-0.15, -0.1) is 0 Å². The summed E-state index contributed by atoms with van der Waals surface area (Å²) in [6, 6.07) is 7.66. The van der Waals surface area contributed by atoms with Crippen molar-refractivity contribution in [1.82, 2.24) is 15.1 Å². The summed E-state index contributed by atoms with van der Waals surface area (Å²) in [5.41, 5.74) is 1.65.